The third kappa shape index (κ3) is 5.43. The highest BCUT2D eigenvalue weighted by atomic mass is 16.1. The van der Waals surface area contributed by atoms with E-state index in [-0.39, 0.29) is 11.7 Å². The molecular weight excluding hydrogens is 380 g/mol. The molecule has 0 bridgehead atoms. The Kier molecular flexibility index (Phi) is 7.30. The van der Waals surface area contributed by atoms with Crippen LogP contribution in [0.2, 0.25) is 0 Å². The second-order valence-corrected chi connectivity index (χ2v) is 7.67. The molecule has 0 aliphatic carbocycles. The second-order valence-electron chi connectivity index (χ2n) is 7.67. The Morgan fingerprint density at radius 1 is 0.968 bits per heavy atom. The standard InChI is InChI=1S/C28H26N2O/c1-20(21(2)23-11-5-4-6-12-23)17-25(28-15-9-10-16-30-28)18-27(22(3)31)26-14-8-7-13-24(26)19-29/h4-18,20-21H,1-3H3. The van der Waals surface area contributed by atoms with Crippen LogP contribution in [0.25, 0.3) is 11.1 Å². The van der Waals surface area contributed by atoms with Crippen molar-refractivity contribution < 1.29 is 4.79 Å². The molecule has 3 rings (SSSR count). The van der Waals surface area contributed by atoms with Crippen molar-refractivity contribution in [2.45, 2.75) is 26.7 Å². The summed E-state index contributed by atoms with van der Waals surface area (Å²) in [5.74, 6) is 0.406. The molecule has 3 nitrogen and oxygen atoms in total. The minimum atomic E-state index is -0.0895. The molecule has 0 radical (unpaired) electrons. The van der Waals surface area contributed by atoms with Crippen LogP contribution in [0.15, 0.2) is 91.1 Å². The van der Waals surface area contributed by atoms with Gasteiger partial charge in [-0.25, -0.2) is 0 Å². The van der Waals surface area contributed by atoms with Crippen molar-refractivity contribution in [2.24, 2.45) is 5.92 Å². The van der Waals surface area contributed by atoms with E-state index < -0.39 is 0 Å². The number of pyridine rings is 1. The van der Waals surface area contributed by atoms with E-state index in [9.17, 15) is 10.1 Å². The fourth-order valence-corrected chi connectivity index (χ4v) is 3.57. The highest BCUT2D eigenvalue weighted by molar-refractivity contribution is 6.22. The third-order valence-corrected chi connectivity index (χ3v) is 5.53. The molecule has 0 spiro atoms. The van der Waals surface area contributed by atoms with E-state index in [0.717, 1.165) is 11.3 Å². The first-order valence-electron chi connectivity index (χ1n) is 10.4. The van der Waals surface area contributed by atoms with Crippen LogP contribution in [0.1, 0.15) is 49.1 Å². The summed E-state index contributed by atoms with van der Waals surface area (Å²) >= 11 is 0. The van der Waals surface area contributed by atoms with Crippen LogP contribution < -0.4 is 0 Å². The van der Waals surface area contributed by atoms with E-state index >= 15 is 0 Å². The average molecular weight is 407 g/mol. The molecule has 0 saturated carbocycles. The fraction of sp³-hybridized carbons (Fsp3) is 0.179. The van der Waals surface area contributed by atoms with Gasteiger partial charge in [-0.2, -0.15) is 5.26 Å². The van der Waals surface area contributed by atoms with Crippen LogP contribution in [0, 0.1) is 17.2 Å². The number of nitrogens with zero attached hydrogens (tertiary/aromatic N) is 2. The molecule has 1 aromatic heterocycles. The van der Waals surface area contributed by atoms with Crippen LogP contribution in [0.4, 0.5) is 0 Å². The maximum absolute atomic E-state index is 12.6. The summed E-state index contributed by atoms with van der Waals surface area (Å²) in [6.45, 7) is 5.91. The molecule has 3 aromatic rings. The quantitative estimate of drug-likeness (QED) is 0.335. The molecule has 3 heteroatoms. The zero-order valence-electron chi connectivity index (χ0n) is 18.1. The fourth-order valence-electron chi connectivity index (χ4n) is 3.57. The summed E-state index contributed by atoms with van der Waals surface area (Å²) in [4.78, 5) is 17.1. The molecule has 154 valence electrons. The van der Waals surface area contributed by atoms with Crippen molar-refractivity contribution in [3.8, 4) is 6.07 Å². The van der Waals surface area contributed by atoms with Crippen molar-refractivity contribution in [1.29, 1.82) is 5.26 Å². The van der Waals surface area contributed by atoms with Gasteiger partial charge in [-0.3, -0.25) is 9.78 Å². The summed E-state index contributed by atoms with van der Waals surface area (Å²) in [5, 5.41) is 9.53. The van der Waals surface area contributed by atoms with E-state index in [2.05, 4.69) is 55.2 Å². The molecule has 0 N–H and O–H groups in total. The van der Waals surface area contributed by atoms with E-state index in [1.165, 1.54) is 12.5 Å². The summed E-state index contributed by atoms with van der Waals surface area (Å²) in [6.07, 6.45) is 5.78. The Labute approximate surface area is 184 Å². The number of allylic oxidation sites excluding steroid dienone is 4. The number of hydrogen-bond acceptors (Lipinski definition) is 3. The van der Waals surface area contributed by atoms with Gasteiger partial charge in [0.25, 0.3) is 0 Å². The van der Waals surface area contributed by atoms with Gasteiger partial charge in [0.2, 0.25) is 0 Å². The first kappa shape index (κ1) is 21.9. The van der Waals surface area contributed by atoms with Gasteiger partial charge in [-0.1, -0.05) is 74.5 Å². The number of carbonyl (C=O) groups is 1. The Morgan fingerprint density at radius 2 is 1.65 bits per heavy atom. The number of carbonyl (C=O) groups excluding carboxylic acids is 1. The third-order valence-electron chi connectivity index (χ3n) is 5.53. The largest absolute Gasteiger partial charge is 0.294 e. The lowest BCUT2D eigenvalue weighted by molar-refractivity contribution is -0.111. The van der Waals surface area contributed by atoms with Crippen LogP contribution in [-0.2, 0) is 4.79 Å². The molecule has 0 aliphatic heterocycles. The molecule has 2 aromatic carbocycles. The molecular formula is C28H26N2O. The van der Waals surface area contributed by atoms with Crippen LogP contribution in [-0.4, -0.2) is 10.8 Å². The molecule has 31 heavy (non-hydrogen) atoms. The van der Waals surface area contributed by atoms with Crippen molar-refractivity contribution in [3.05, 3.63) is 114 Å². The van der Waals surface area contributed by atoms with E-state index in [1.807, 2.05) is 42.5 Å². The molecule has 0 fully saturated rings. The Hall–Kier alpha value is -3.77. The average Bonchev–Trinajstić information content (AvgIpc) is 2.82. The molecule has 0 saturated heterocycles. The Bertz CT molecular complexity index is 1140. The van der Waals surface area contributed by atoms with Gasteiger partial charge >= 0.3 is 0 Å². The lowest BCUT2D eigenvalue weighted by Gasteiger charge is -2.19. The molecule has 0 aliphatic rings. The maximum atomic E-state index is 12.6. The lowest BCUT2D eigenvalue weighted by Crippen LogP contribution is -2.05. The molecule has 2 unspecified atom stereocenters. The zero-order valence-corrected chi connectivity index (χ0v) is 18.1. The predicted octanol–water partition coefficient (Wildman–Crippen LogP) is 6.45. The molecule has 2 atom stereocenters. The highest BCUT2D eigenvalue weighted by Crippen LogP contribution is 2.30. The first-order chi connectivity index (χ1) is 15.0. The number of ketones is 1. The van der Waals surface area contributed by atoms with Gasteiger partial charge in [0.1, 0.15) is 0 Å². The van der Waals surface area contributed by atoms with Crippen LogP contribution in [0.5, 0.6) is 0 Å². The second kappa shape index (κ2) is 10.3. The normalized spacial score (nSPS) is 13.9. The van der Waals surface area contributed by atoms with Gasteiger partial charge in [0.15, 0.2) is 5.78 Å². The van der Waals surface area contributed by atoms with Gasteiger partial charge < -0.3 is 0 Å². The summed E-state index contributed by atoms with van der Waals surface area (Å²) in [5.41, 5.74) is 4.56. The number of benzene rings is 2. The van der Waals surface area contributed by atoms with Gasteiger partial charge in [-0.15, -0.1) is 0 Å². The Balaban J connectivity index is 2.11. The van der Waals surface area contributed by atoms with E-state index in [1.54, 1.807) is 18.3 Å². The number of Topliss-reactive ketones (excluding diaryl/α,β-unsaturated/α-hetero) is 1. The zero-order chi connectivity index (χ0) is 22.2. The smallest absolute Gasteiger partial charge is 0.160 e. The van der Waals surface area contributed by atoms with Crippen molar-refractivity contribution in [3.63, 3.8) is 0 Å². The number of hydrogen-bond donors (Lipinski definition) is 0. The van der Waals surface area contributed by atoms with Crippen molar-refractivity contribution in [2.75, 3.05) is 0 Å². The van der Waals surface area contributed by atoms with Gasteiger partial charge in [0, 0.05) is 17.3 Å². The van der Waals surface area contributed by atoms with E-state index in [0.29, 0.717) is 22.6 Å². The topological polar surface area (TPSA) is 53.8 Å². The van der Waals surface area contributed by atoms with Crippen LogP contribution in [0.3, 0.4) is 0 Å². The summed E-state index contributed by atoms with van der Waals surface area (Å²) in [6, 6.07) is 25.5. The maximum Gasteiger partial charge on any atom is 0.160 e. The molecule has 0 amide bonds. The Morgan fingerprint density at radius 3 is 2.29 bits per heavy atom. The molecule has 1 heterocycles. The minimum Gasteiger partial charge on any atom is -0.294 e. The minimum absolute atomic E-state index is 0.0895. The lowest BCUT2D eigenvalue weighted by atomic mass is 9.86. The van der Waals surface area contributed by atoms with Gasteiger partial charge in [-0.05, 0) is 54.2 Å². The highest BCUT2D eigenvalue weighted by Gasteiger charge is 2.16. The van der Waals surface area contributed by atoms with Gasteiger partial charge in [0.05, 0.1) is 17.3 Å². The summed E-state index contributed by atoms with van der Waals surface area (Å²) in [7, 11) is 0. The van der Waals surface area contributed by atoms with Crippen LogP contribution >= 0.6 is 0 Å². The van der Waals surface area contributed by atoms with Crippen molar-refractivity contribution >= 4 is 16.9 Å². The number of nitriles is 1. The first-order valence-corrected chi connectivity index (χ1v) is 10.4. The number of aromatic nitrogens is 1. The monoisotopic (exact) mass is 406 g/mol. The van der Waals surface area contributed by atoms with E-state index in [4.69, 9.17) is 0 Å². The summed E-state index contributed by atoms with van der Waals surface area (Å²) < 4.78 is 0. The van der Waals surface area contributed by atoms with Crippen molar-refractivity contribution in [1.82, 2.24) is 4.98 Å². The number of rotatable bonds is 7. The SMILES string of the molecule is CC(=O)C(=CC(=CC(C)C(C)c1ccccc1)c1ccccn1)c1ccccc1C#N. The predicted molar refractivity (Wildman–Crippen MR) is 126 cm³/mol.